The lowest BCUT2D eigenvalue weighted by Gasteiger charge is -2.37. The van der Waals surface area contributed by atoms with Gasteiger partial charge in [0.15, 0.2) is 0 Å². The fourth-order valence-corrected chi connectivity index (χ4v) is 3.90. The lowest BCUT2D eigenvalue weighted by Crippen LogP contribution is -2.61. The van der Waals surface area contributed by atoms with E-state index in [1.54, 1.807) is 0 Å². The largest absolute Gasteiger partial charge is 0.465 e. The Labute approximate surface area is 117 Å². The fourth-order valence-electron chi connectivity index (χ4n) is 2.77. The minimum Gasteiger partial charge on any atom is -0.465 e. The molecule has 19 heavy (non-hydrogen) atoms. The van der Waals surface area contributed by atoms with E-state index in [0.717, 1.165) is 25.9 Å². The summed E-state index contributed by atoms with van der Waals surface area (Å²) in [6.07, 6.45) is 2.17. The van der Waals surface area contributed by atoms with Gasteiger partial charge in [-0.1, -0.05) is 0 Å². The molecule has 1 saturated carbocycles. The second-order valence-electron chi connectivity index (χ2n) is 5.34. The van der Waals surface area contributed by atoms with E-state index in [1.807, 2.05) is 14.0 Å². The van der Waals surface area contributed by atoms with Crippen LogP contribution in [0.15, 0.2) is 0 Å². The molecule has 0 amide bonds. The van der Waals surface area contributed by atoms with Crippen LogP contribution in [0.1, 0.15) is 19.8 Å². The van der Waals surface area contributed by atoms with E-state index in [2.05, 4.69) is 10.2 Å². The Morgan fingerprint density at radius 2 is 2.05 bits per heavy atom. The monoisotopic (exact) mass is 288 g/mol. The Bertz CT molecular complexity index is 350. The van der Waals surface area contributed by atoms with Crippen LogP contribution in [-0.2, 0) is 20.3 Å². The number of nitrogens with one attached hydrogen (secondary N) is 1. The van der Waals surface area contributed by atoms with Crippen molar-refractivity contribution >= 4 is 16.8 Å². The molecule has 2 rings (SSSR count). The van der Waals surface area contributed by atoms with Crippen LogP contribution >= 0.6 is 0 Å². The fraction of sp³-hybridized carbons (Fsp3) is 0.923. The molecule has 1 heterocycles. The molecule has 0 aromatic heterocycles. The molecule has 6 heteroatoms. The summed E-state index contributed by atoms with van der Waals surface area (Å²) in [6, 6.07) is 0. The van der Waals surface area contributed by atoms with Crippen molar-refractivity contribution in [1.82, 2.24) is 10.2 Å². The molecule has 1 saturated heterocycles. The minimum atomic E-state index is -0.679. The third-order valence-electron chi connectivity index (χ3n) is 4.10. The van der Waals surface area contributed by atoms with Gasteiger partial charge in [-0.3, -0.25) is 9.11 Å². The maximum Gasteiger partial charge on any atom is 0.327 e. The molecular formula is C13H24N2O3S. The third kappa shape index (κ3) is 3.35. The second kappa shape index (κ2) is 6.33. The van der Waals surface area contributed by atoms with Gasteiger partial charge < -0.3 is 10.1 Å². The van der Waals surface area contributed by atoms with Crippen molar-refractivity contribution in [2.24, 2.45) is 5.92 Å². The molecule has 5 nitrogen and oxygen atoms in total. The van der Waals surface area contributed by atoms with Crippen molar-refractivity contribution in [3.63, 3.8) is 0 Å². The number of ether oxygens (including phenoxy) is 1. The molecule has 2 fully saturated rings. The summed E-state index contributed by atoms with van der Waals surface area (Å²) in [5, 5.41) is 3.23. The van der Waals surface area contributed by atoms with Gasteiger partial charge in [0.05, 0.1) is 6.61 Å². The van der Waals surface area contributed by atoms with Crippen LogP contribution in [0.4, 0.5) is 0 Å². The van der Waals surface area contributed by atoms with Crippen LogP contribution in [0.3, 0.4) is 0 Å². The van der Waals surface area contributed by atoms with Gasteiger partial charge in [-0.15, -0.1) is 0 Å². The summed E-state index contributed by atoms with van der Waals surface area (Å²) in [5.41, 5.74) is -0.575. The maximum atomic E-state index is 12.3. The SMILES string of the molecule is CCOC(=O)C(CN1CCS(=O)CC1)(NC)C1CC1. The highest BCUT2D eigenvalue weighted by molar-refractivity contribution is 7.85. The highest BCUT2D eigenvalue weighted by Gasteiger charge is 2.52. The van der Waals surface area contributed by atoms with Crippen LogP contribution in [0.25, 0.3) is 0 Å². The highest BCUT2D eigenvalue weighted by atomic mass is 32.2. The average Bonchev–Trinajstić information content (AvgIpc) is 3.23. The summed E-state index contributed by atoms with van der Waals surface area (Å²) in [4.78, 5) is 14.6. The summed E-state index contributed by atoms with van der Waals surface area (Å²) >= 11 is 0. The van der Waals surface area contributed by atoms with E-state index in [1.165, 1.54) is 0 Å². The lowest BCUT2D eigenvalue weighted by molar-refractivity contribution is -0.153. The molecule has 1 unspecified atom stereocenters. The minimum absolute atomic E-state index is 0.133. The average molecular weight is 288 g/mol. The van der Waals surface area contributed by atoms with Crippen LogP contribution in [0.5, 0.6) is 0 Å². The summed E-state index contributed by atoms with van der Waals surface area (Å²) < 4.78 is 16.7. The number of carbonyl (C=O) groups is 1. The molecule has 0 aromatic rings. The Morgan fingerprint density at radius 1 is 1.42 bits per heavy atom. The van der Waals surface area contributed by atoms with Gasteiger partial charge in [0.2, 0.25) is 0 Å². The van der Waals surface area contributed by atoms with Crippen molar-refractivity contribution in [3.8, 4) is 0 Å². The van der Waals surface area contributed by atoms with Crippen molar-refractivity contribution in [3.05, 3.63) is 0 Å². The maximum absolute atomic E-state index is 12.3. The van der Waals surface area contributed by atoms with Gasteiger partial charge in [0, 0.05) is 41.9 Å². The Hall–Kier alpha value is -0.460. The van der Waals surface area contributed by atoms with E-state index >= 15 is 0 Å². The van der Waals surface area contributed by atoms with Crippen LogP contribution in [-0.4, -0.2) is 65.4 Å². The Kier molecular flexibility index (Phi) is 4.97. The number of likely N-dealkylation sites (N-methyl/N-ethyl adjacent to an activating group) is 1. The molecule has 1 aliphatic heterocycles. The molecule has 1 aliphatic carbocycles. The quantitative estimate of drug-likeness (QED) is 0.696. The first kappa shape index (κ1) is 14.9. The predicted molar refractivity (Wildman–Crippen MR) is 75.5 cm³/mol. The van der Waals surface area contributed by atoms with Gasteiger partial charge >= 0.3 is 5.97 Å². The zero-order valence-electron chi connectivity index (χ0n) is 11.8. The molecule has 0 radical (unpaired) electrons. The topological polar surface area (TPSA) is 58.6 Å². The summed E-state index contributed by atoms with van der Waals surface area (Å²) in [7, 11) is 1.17. The first-order valence-electron chi connectivity index (χ1n) is 7.06. The van der Waals surface area contributed by atoms with Crippen LogP contribution in [0, 0.1) is 5.92 Å². The predicted octanol–water partition coefficient (Wildman–Crippen LogP) is -0.0180. The number of rotatable bonds is 6. The van der Waals surface area contributed by atoms with Crippen molar-refractivity contribution in [2.75, 3.05) is 44.8 Å². The number of hydrogen-bond donors (Lipinski definition) is 1. The number of hydrogen-bond acceptors (Lipinski definition) is 5. The Morgan fingerprint density at radius 3 is 2.53 bits per heavy atom. The van der Waals surface area contributed by atoms with Crippen LogP contribution in [0.2, 0.25) is 0 Å². The van der Waals surface area contributed by atoms with Gasteiger partial charge in [-0.25, -0.2) is 4.79 Å². The molecule has 1 atom stereocenters. The zero-order chi connectivity index (χ0) is 13.9. The van der Waals surface area contributed by atoms with Gasteiger partial charge in [0.1, 0.15) is 5.54 Å². The first-order valence-corrected chi connectivity index (χ1v) is 8.54. The first-order chi connectivity index (χ1) is 9.12. The molecule has 0 spiro atoms. The molecule has 0 bridgehead atoms. The number of carbonyl (C=O) groups excluding carboxylic acids is 1. The van der Waals surface area contributed by atoms with E-state index in [4.69, 9.17) is 4.74 Å². The number of nitrogens with zero attached hydrogens (tertiary/aromatic N) is 1. The van der Waals surface area contributed by atoms with E-state index < -0.39 is 16.3 Å². The van der Waals surface area contributed by atoms with E-state index in [-0.39, 0.29) is 5.97 Å². The summed E-state index contributed by atoms with van der Waals surface area (Å²) in [5.74, 6) is 1.68. The van der Waals surface area contributed by atoms with Crippen molar-refractivity contribution in [2.45, 2.75) is 25.3 Å². The van der Waals surface area contributed by atoms with Crippen molar-refractivity contribution < 1.29 is 13.7 Å². The highest BCUT2D eigenvalue weighted by Crippen LogP contribution is 2.41. The van der Waals surface area contributed by atoms with E-state index in [0.29, 0.717) is 30.6 Å². The third-order valence-corrected chi connectivity index (χ3v) is 5.38. The van der Waals surface area contributed by atoms with Gasteiger partial charge in [0.25, 0.3) is 0 Å². The smallest absolute Gasteiger partial charge is 0.327 e. The Balaban J connectivity index is 2.04. The zero-order valence-corrected chi connectivity index (χ0v) is 12.6. The standard InChI is InChI=1S/C13H24N2O3S/c1-3-18-12(16)13(14-2,11-4-5-11)10-15-6-8-19(17)9-7-15/h11,14H,3-10H2,1-2H3. The van der Waals surface area contributed by atoms with Gasteiger partial charge in [-0.2, -0.15) is 0 Å². The molecular weight excluding hydrogens is 264 g/mol. The van der Waals surface area contributed by atoms with E-state index in [9.17, 15) is 9.00 Å². The normalized spacial score (nSPS) is 24.9. The van der Waals surface area contributed by atoms with Crippen LogP contribution < -0.4 is 5.32 Å². The number of esters is 1. The lowest BCUT2D eigenvalue weighted by atomic mass is 9.92. The second-order valence-corrected chi connectivity index (χ2v) is 7.04. The molecule has 2 aliphatic rings. The van der Waals surface area contributed by atoms with Gasteiger partial charge in [-0.05, 0) is 32.7 Å². The molecule has 1 N–H and O–H groups in total. The van der Waals surface area contributed by atoms with Crippen molar-refractivity contribution in [1.29, 1.82) is 0 Å². The molecule has 0 aromatic carbocycles. The molecule has 110 valence electrons. The summed E-state index contributed by atoms with van der Waals surface area (Å²) in [6.45, 7) is 4.54.